The summed E-state index contributed by atoms with van der Waals surface area (Å²) in [5.74, 6) is 0.696. The van der Waals surface area contributed by atoms with Gasteiger partial charge in [0.25, 0.3) is 0 Å². The first-order chi connectivity index (χ1) is 7.63. The van der Waals surface area contributed by atoms with E-state index in [1.807, 2.05) is 13.0 Å². The molecular formula is C13H21N3. The van der Waals surface area contributed by atoms with E-state index in [1.165, 1.54) is 18.4 Å². The molecule has 1 aliphatic rings. The van der Waals surface area contributed by atoms with Crippen LogP contribution in [0.5, 0.6) is 0 Å². The van der Waals surface area contributed by atoms with Gasteiger partial charge in [0, 0.05) is 17.8 Å². The highest BCUT2D eigenvalue weighted by Gasteiger charge is 2.22. The van der Waals surface area contributed by atoms with Gasteiger partial charge in [-0.2, -0.15) is 0 Å². The molecule has 0 spiro atoms. The summed E-state index contributed by atoms with van der Waals surface area (Å²) < 4.78 is 0. The van der Waals surface area contributed by atoms with Crippen molar-refractivity contribution in [3.8, 4) is 0 Å². The van der Waals surface area contributed by atoms with Gasteiger partial charge in [0.05, 0.1) is 11.4 Å². The second-order valence-electron chi connectivity index (χ2n) is 4.79. The molecule has 0 saturated heterocycles. The van der Waals surface area contributed by atoms with E-state index in [-0.39, 0.29) is 0 Å². The van der Waals surface area contributed by atoms with Crippen molar-refractivity contribution in [2.24, 2.45) is 5.92 Å². The fourth-order valence-electron chi connectivity index (χ4n) is 2.54. The van der Waals surface area contributed by atoms with E-state index in [9.17, 15) is 0 Å². The number of aryl methyl sites for hydroxylation is 1. The smallest absolute Gasteiger partial charge is 0.0630 e. The molecule has 88 valence electrons. The average molecular weight is 219 g/mol. The van der Waals surface area contributed by atoms with E-state index in [2.05, 4.69) is 12.2 Å². The molecule has 0 aliphatic carbocycles. The minimum atomic E-state index is 0.696. The molecule has 2 rings (SSSR count). The Balaban J connectivity index is 2.35. The molecule has 3 heteroatoms. The average Bonchev–Trinajstić information content (AvgIpc) is 2.27. The summed E-state index contributed by atoms with van der Waals surface area (Å²) in [7, 11) is 0. The predicted molar refractivity (Wildman–Crippen MR) is 70.6 cm³/mol. The summed E-state index contributed by atoms with van der Waals surface area (Å²) in [5, 5.41) is 3.44. The van der Waals surface area contributed by atoms with Crippen LogP contribution in [0.3, 0.4) is 0 Å². The predicted octanol–water partition coefficient (Wildman–Crippen LogP) is 2.54. The molecule has 1 aromatic carbocycles. The van der Waals surface area contributed by atoms with Crippen LogP contribution < -0.4 is 16.8 Å². The fraction of sp³-hybridized carbons (Fsp3) is 0.538. The van der Waals surface area contributed by atoms with E-state index in [1.54, 1.807) is 0 Å². The van der Waals surface area contributed by atoms with Gasteiger partial charge < -0.3 is 16.8 Å². The molecule has 5 N–H and O–H groups in total. The highest BCUT2D eigenvalue weighted by atomic mass is 14.9. The Hall–Kier alpha value is -1.38. The Labute approximate surface area is 97.2 Å². The quantitative estimate of drug-likeness (QED) is 0.670. The van der Waals surface area contributed by atoms with Crippen molar-refractivity contribution < 1.29 is 0 Å². The maximum Gasteiger partial charge on any atom is 0.0630 e. The second kappa shape index (κ2) is 4.24. The lowest BCUT2D eigenvalue weighted by Gasteiger charge is -2.28. The van der Waals surface area contributed by atoms with Crippen LogP contribution in [0.25, 0.3) is 0 Å². The molecule has 0 saturated carbocycles. The molecule has 1 atom stereocenters. The van der Waals surface area contributed by atoms with Crippen LogP contribution in [-0.2, 0) is 6.42 Å². The second-order valence-corrected chi connectivity index (χ2v) is 4.79. The van der Waals surface area contributed by atoms with E-state index in [4.69, 9.17) is 11.5 Å². The lowest BCUT2D eigenvalue weighted by atomic mass is 9.88. The van der Waals surface area contributed by atoms with Crippen molar-refractivity contribution in [3.63, 3.8) is 0 Å². The van der Waals surface area contributed by atoms with Gasteiger partial charge in [0.1, 0.15) is 0 Å². The zero-order valence-corrected chi connectivity index (χ0v) is 10.1. The number of nitrogens with two attached hydrogens (primary N) is 2. The molecule has 1 aliphatic heterocycles. The Kier molecular flexibility index (Phi) is 2.95. The largest absolute Gasteiger partial charge is 0.398 e. The molecule has 3 nitrogen and oxygen atoms in total. The monoisotopic (exact) mass is 219 g/mol. The van der Waals surface area contributed by atoms with Crippen LogP contribution in [0.15, 0.2) is 6.07 Å². The van der Waals surface area contributed by atoms with Crippen LogP contribution >= 0.6 is 0 Å². The van der Waals surface area contributed by atoms with Crippen LogP contribution in [0.4, 0.5) is 17.1 Å². The summed E-state index contributed by atoms with van der Waals surface area (Å²) in [6, 6.07) is 1.99. The lowest BCUT2D eigenvalue weighted by Crippen LogP contribution is -2.25. The van der Waals surface area contributed by atoms with E-state index < -0.39 is 0 Å². The summed E-state index contributed by atoms with van der Waals surface area (Å²) in [5.41, 5.74) is 17.2. The van der Waals surface area contributed by atoms with Crippen LogP contribution in [0.1, 0.15) is 30.9 Å². The van der Waals surface area contributed by atoms with Crippen molar-refractivity contribution in [2.45, 2.75) is 33.1 Å². The SMILES string of the molecule is CCCC1CNc2c(N)c(C)cc(N)c2C1. The van der Waals surface area contributed by atoms with E-state index >= 15 is 0 Å². The zero-order chi connectivity index (χ0) is 11.7. The number of nitrogen functional groups attached to an aromatic ring is 2. The van der Waals surface area contributed by atoms with Crippen molar-refractivity contribution in [1.82, 2.24) is 0 Å². The number of benzene rings is 1. The molecule has 0 radical (unpaired) electrons. The first kappa shape index (κ1) is 11.1. The maximum atomic E-state index is 6.07. The maximum absolute atomic E-state index is 6.07. The third-order valence-corrected chi connectivity index (χ3v) is 3.47. The van der Waals surface area contributed by atoms with Crippen molar-refractivity contribution in [1.29, 1.82) is 0 Å². The molecule has 0 fully saturated rings. The first-order valence-corrected chi connectivity index (χ1v) is 6.04. The number of anilines is 3. The third kappa shape index (κ3) is 1.82. The van der Waals surface area contributed by atoms with Crippen molar-refractivity contribution >= 4 is 17.1 Å². The minimum Gasteiger partial charge on any atom is -0.398 e. The molecule has 1 heterocycles. The van der Waals surface area contributed by atoms with Gasteiger partial charge in [-0.1, -0.05) is 13.3 Å². The standard InChI is InChI=1S/C13H21N3/c1-3-4-9-6-10-11(14)5-8(2)12(15)13(10)16-7-9/h5,9,16H,3-4,6-7,14-15H2,1-2H3. The summed E-state index contributed by atoms with van der Waals surface area (Å²) in [6.45, 7) is 5.25. The van der Waals surface area contributed by atoms with Crippen molar-refractivity contribution in [2.75, 3.05) is 23.3 Å². The Bertz CT molecular complexity index is 399. The van der Waals surface area contributed by atoms with Gasteiger partial charge in [-0.25, -0.2) is 0 Å². The minimum absolute atomic E-state index is 0.696. The fourth-order valence-corrected chi connectivity index (χ4v) is 2.54. The zero-order valence-electron chi connectivity index (χ0n) is 10.1. The highest BCUT2D eigenvalue weighted by Crippen LogP contribution is 2.37. The molecular weight excluding hydrogens is 198 g/mol. The van der Waals surface area contributed by atoms with Crippen LogP contribution in [0.2, 0.25) is 0 Å². The normalized spacial score (nSPS) is 19.0. The van der Waals surface area contributed by atoms with E-state index in [0.29, 0.717) is 5.92 Å². The number of hydrogen-bond acceptors (Lipinski definition) is 3. The molecule has 16 heavy (non-hydrogen) atoms. The number of rotatable bonds is 2. The number of fused-ring (bicyclic) bond motifs is 1. The molecule has 1 aromatic rings. The molecule has 1 unspecified atom stereocenters. The number of nitrogens with one attached hydrogen (secondary N) is 1. The number of hydrogen-bond donors (Lipinski definition) is 3. The lowest BCUT2D eigenvalue weighted by molar-refractivity contribution is 0.490. The molecule has 0 aromatic heterocycles. The Morgan fingerprint density at radius 1 is 1.44 bits per heavy atom. The van der Waals surface area contributed by atoms with Gasteiger partial charge in [-0.15, -0.1) is 0 Å². The van der Waals surface area contributed by atoms with Gasteiger partial charge in [-0.3, -0.25) is 0 Å². The highest BCUT2D eigenvalue weighted by molar-refractivity contribution is 5.80. The first-order valence-electron chi connectivity index (χ1n) is 6.04. The van der Waals surface area contributed by atoms with Gasteiger partial charge in [-0.05, 0) is 37.3 Å². The third-order valence-electron chi connectivity index (χ3n) is 3.47. The van der Waals surface area contributed by atoms with Gasteiger partial charge in [0.2, 0.25) is 0 Å². The Morgan fingerprint density at radius 2 is 2.19 bits per heavy atom. The summed E-state index contributed by atoms with van der Waals surface area (Å²) in [4.78, 5) is 0. The van der Waals surface area contributed by atoms with Gasteiger partial charge in [0.15, 0.2) is 0 Å². The van der Waals surface area contributed by atoms with Gasteiger partial charge >= 0.3 is 0 Å². The summed E-state index contributed by atoms with van der Waals surface area (Å²) >= 11 is 0. The molecule has 0 bridgehead atoms. The summed E-state index contributed by atoms with van der Waals surface area (Å²) in [6.07, 6.45) is 3.54. The Morgan fingerprint density at radius 3 is 2.88 bits per heavy atom. The van der Waals surface area contributed by atoms with Crippen molar-refractivity contribution in [3.05, 3.63) is 17.2 Å². The van der Waals surface area contributed by atoms with Crippen LogP contribution in [-0.4, -0.2) is 6.54 Å². The molecule has 0 amide bonds. The van der Waals surface area contributed by atoms with Crippen LogP contribution in [0, 0.1) is 12.8 Å². The van der Waals surface area contributed by atoms with E-state index in [0.717, 1.165) is 35.6 Å². The topological polar surface area (TPSA) is 64.1 Å².